The van der Waals surface area contributed by atoms with Gasteiger partial charge in [0.2, 0.25) is 11.9 Å². The highest BCUT2D eigenvalue weighted by atomic mass is 16.5. The fourth-order valence-electron chi connectivity index (χ4n) is 5.54. The highest BCUT2D eigenvalue weighted by molar-refractivity contribution is 5.96. The number of morpholine rings is 1. The highest BCUT2D eigenvalue weighted by Gasteiger charge is 2.38. The van der Waals surface area contributed by atoms with Crippen molar-refractivity contribution in [3.05, 3.63) is 0 Å². The van der Waals surface area contributed by atoms with Crippen LogP contribution < -0.4 is 10.6 Å². The summed E-state index contributed by atoms with van der Waals surface area (Å²) in [4.78, 5) is 34.4. The molecule has 0 aromatic carbocycles. The minimum absolute atomic E-state index is 0.246. The Bertz CT molecular complexity index is 836. The summed E-state index contributed by atoms with van der Waals surface area (Å²) in [5.41, 5.74) is -0.876. The number of methoxy groups -OCH3 is 1. The van der Waals surface area contributed by atoms with Crippen LogP contribution in [0.2, 0.25) is 0 Å². The van der Waals surface area contributed by atoms with E-state index in [0.29, 0.717) is 63.5 Å². The number of carbonyl (C=O) groups is 2. The monoisotopic (exact) mass is 548 g/mol. The number of guanidine groups is 1. The topological polar surface area (TPSA) is 129 Å². The van der Waals surface area contributed by atoms with Crippen molar-refractivity contribution in [2.75, 3.05) is 60.2 Å². The van der Waals surface area contributed by atoms with E-state index in [4.69, 9.17) is 19.2 Å². The molecule has 0 radical (unpaired) electrons. The number of carbonyl (C=O) groups excluding carboxylic acids is 2. The van der Waals surface area contributed by atoms with Crippen molar-refractivity contribution < 1.29 is 23.8 Å². The lowest BCUT2D eigenvalue weighted by molar-refractivity contribution is -0.124. The number of likely N-dealkylation sites (tertiary alicyclic amines) is 1. The molecule has 11 heteroatoms. The molecule has 3 saturated heterocycles. The number of piperidine rings is 1. The number of alkyl carbamates (subject to hydrolysis) is 1. The van der Waals surface area contributed by atoms with Crippen molar-refractivity contribution in [2.24, 2.45) is 10.9 Å². The van der Waals surface area contributed by atoms with Gasteiger partial charge in [-0.3, -0.25) is 10.1 Å². The number of amides is 2. The van der Waals surface area contributed by atoms with E-state index in [-0.39, 0.29) is 5.91 Å². The van der Waals surface area contributed by atoms with E-state index in [1.807, 2.05) is 11.9 Å². The summed E-state index contributed by atoms with van der Waals surface area (Å²) in [6.07, 6.45) is 9.92. The zero-order valence-corrected chi connectivity index (χ0v) is 24.1. The van der Waals surface area contributed by atoms with E-state index in [2.05, 4.69) is 28.5 Å². The number of hydrogen-bond acceptors (Lipinski definition) is 8. The maximum absolute atomic E-state index is 13.5. The van der Waals surface area contributed by atoms with Gasteiger partial charge in [0, 0.05) is 32.8 Å². The first-order valence-electron chi connectivity index (χ1n) is 14.6. The summed E-state index contributed by atoms with van der Waals surface area (Å²) >= 11 is 0. The van der Waals surface area contributed by atoms with Gasteiger partial charge >= 0.3 is 6.09 Å². The van der Waals surface area contributed by atoms with E-state index in [0.717, 1.165) is 45.4 Å². The standard InChI is InChI=1S/C23H38N6O4.C5H10O/c1-28-10-8-23(17-24,9-11-28)27-20(30)19(16-18-6-4-3-5-7-18)25-21(26-22(31)32-2)29-12-14-33-15-13-29;1-5-3-2-4-6-5/h18-19H,3-16H2,1-2H3,(H,27,30)(H,25,26,31);5H,2-4H2,1H3. The number of ether oxygens (including phenoxy) is 3. The number of aliphatic imine (C=N–C) groups is 1. The van der Waals surface area contributed by atoms with Crippen molar-refractivity contribution in [3.8, 4) is 6.07 Å². The van der Waals surface area contributed by atoms with Gasteiger partial charge in [-0.15, -0.1) is 0 Å². The van der Waals surface area contributed by atoms with Crippen LogP contribution in [-0.2, 0) is 19.0 Å². The Morgan fingerprint density at radius 3 is 2.31 bits per heavy atom. The van der Waals surface area contributed by atoms with Crippen molar-refractivity contribution >= 4 is 18.0 Å². The van der Waals surface area contributed by atoms with Gasteiger partial charge in [-0.05, 0) is 52.0 Å². The van der Waals surface area contributed by atoms with Crippen LogP contribution in [0, 0.1) is 17.2 Å². The summed E-state index contributed by atoms with van der Waals surface area (Å²) < 4.78 is 15.4. The molecule has 39 heavy (non-hydrogen) atoms. The fraction of sp³-hybridized carbons (Fsp3) is 0.857. The third kappa shape index (κ3) is 10.2. The lowest BCUT2D eigenvalue weighted by atomic mass is 9.84. The maximum Gasteiger partial charge on any atom is 0.413 e. The van der Waals surface area contributed by atoms with E-state index in [1.54, 1.807) is 0 Å². The van der Waals surface area contributed by atoms with Gasteiger partial charge < -0.3 is 29.3 Å². The third-order valence-electron chi connectivity index (χ3n) is 8.15. The SMILES string of the molecule is CC1CCCO1.COC(=O)NC(=NC(CC1CCCCC1)C(=O)NC1(C#N)CCN(C)CC1)N1CCOCC1. The lowest BCUT2D eigenvalue weighted by Gasteiger charge is -2.37. The molecule has 3 aliphatic heterocycles. The number of nitrogens with one attached hydrogen (secondary N) is 2. The van der Waals surface area contributed by atoms with Crippen LogP contribution >= 0.6 is 0 Å². The van der Waals surface area contributed by atoms with Gasteiger partial charge in [0.25, 0.3) is 0 Å². The first-order chi connectivity index (χ1) is 18.8. The molecular weight excluding hydrogens is 500 g/mol. The molecule has 0 aromatic rings. The van der Waals surface area contributed by atoms with Gasteiger partial charge in [0.1, 0.15) is 11.6 Å². The molecule has 3 heterocycles. The fourth-order valence-corrected chi connectivity index (χ4v) is 5.54. The average Bonchev–Trinajstić information content (AvgIpc) is 3.45. The maximum atomic E-state index is 13.5. The Balaban J connectivity index is 0.000000617. The van der Waals surface area contributed by atoms with E-state index >= 15 is 0 Å². The summed E-state index contributed by atoms with van der Waals surface area (Å²) in [6, 6.07) is 1.67. The molecule has 0 bridgehead atoms. The van der Waals surface area contributed by atoms with Gasteiger partial charge in [0.05, 0.1) is 32.5 Å². The summed E-state index contributed by atoms with van der Waals surface area (Å²) in [7, 11) is 3.32. The van der Waals surface area contributed by atoms with Crippen molar-refractivity contribution in [1.82, 2.24) is 20.4 Å². The second-order valence-corrected chi connectivity index (χ2v) is 11.2. The first-order valence-corrected chi connectivity index (χ1v) is 14.6. The van der Waals surface area contributed by atoms with Crippen LogP contribution in [0.1, 0.15) is 71.1 Å². The highest BCUT2D eigenvalue weighted by Crippen LogP contribution is 2.29. The zero-order chi connectivity index (χ0) is 28.1. The Labute approximate surface area is 233 Å². The minimum Gasteiger partial charge on any atom is -0.453 e. The lowest BCUT2D eigenvalue weighted by Crippen LogP contribution is -2.56. The molecule has 2 amide bonds. The van der Waals surface area contributed by atoms with Crippen molar-refractivity contribution in [1.29, 1.82) is 5.26 Å². The van der Waals surface area contributed by atoms with Gasteiger partial charge in [-0.1, -0.05) is 32.1 Å². The number of rotatable bonds is 5. The van der Waals surface area contributed by atoms with Gasteiger partial charge in [-0.25, -0.2) is 9.79 Å². The summed E-state index contributed by atoms with van der Waals surface area (Å²) in [5, 5.41) is 15.6. The van der Waals surface area contributed by atoms with Crippen LogP contribution in [0.3, 0.4) is 0 Å². The quantitative estimate of drug-likeness (QED) is 0.396. The van der Waals surface area contributed by atoms with E-state index in [9.17, 15) is 14.9 Å². The molecule has 1 aliphatic carbocycles. The summed E-state index contributed by atoms with van der Waals surface area (Å²) in [5.74, 6) is 0.484. The van der Waals surface area contributed by atoms with Crippen LogP contribution in [0.25, 0.3) is 0 Å². The van der Waals surface area contributed by atoms with Crippen molar-refractivity contribution in [2.45, 2.75) is 88.8 Å². The normalized spacial score (nSPS) is 25.0. The molecule has 2 N–H and O–H groups in total. The van der Waals surface area contributed by atoms with E-state index in [1.165, 1.54) is 26.4 Å². The second-order valence-electron chi connectivity index (χ2n) is 11.2. The molecule has 11 nitrogen and oxygen atoms in total. The Hall–Kier alpha value is -2.42. The molecule has 1 saturated carbocycles. The van der Waals surface area contributed by atoms with Crippen LogP contribution in [-0.4, -0.2) is 106 Å². The molecule has 0 spiro atoms. The first kappa shape index (κ1) is 31.1. The molecule has 0 aromatic heterocycles. The van der Waals surface area contributed by atoms with Crippen LogP contribution in [0.15, 0.2) is 4.99 Å². The molecule has 4 aliphatic rings. The molecule has 2 atom stereocenters. The molecule has 4 fully saturated rings. The molecule has 220 valence electrons. The molecular formula is C28H48N6O5. The predicted molar refractivity (Wildman–Crippen MR) is 148 cm³/mol. The second kappa shape index (κ2) is 16.0. The Kier molecular flexibility index (Phi) is 12.8. The van der Waals surface area contributed by atoms with Crippen LogP contribution in [0.4, 0.5) is 4.79 Å². The minimum atomic E-state index is -0.876. The molecule has 4 rings (SSSR count). The molecule has 2 unspecified atom stereocenters. The van der Waals surface area contributed by atoms with Gasteiger partial charge in [-0.2, -0.15) is 5.26 Å². The zero-order valence-electron chi connectivity index (χ0n) is 24.1. The predicted octanol–water partition coefficient (Wildman–Crippen LogP) is 2.66. The third-order valence-corrected chi connectivity index (χ3v) is 8.15. The van der Waals surface area contributed by atoms with Gasteiger partial charge in [0.15, 0.2) is 0 Å². The Morgan fingerprint density at radius 2 is 1.77 bits per heavy atom. The number of nitrogens with zero attached hydrogens (tertiary/aromatic N) is 4. The Morgan fingerprint density at radius 1 is 1.08 bits per heavy atom. The largest absolute Gasteiger partial charge is 0.453 e. The van der Waals surface area contributed by atoms with E-state index < -0.39 is 17.7 Å². The summed E-state index contributed by atoms with van der Waals surface area (Å²) in [6.45, 7) is 6.79. The average molecular weight is 549 g/mol. The van der Waals surface area contributed by atoms with Crippen molar-refractivity contribution in [3.63, 3.8) is 0 Å². The number of nitriles is 1. The van der Waals surface area contributed by atoms with Crippen LogP contribution in [0.5, 0.6) is 0 Å². The smallest absolute Gasteiger partial charge is 0.413 e. The number of hydrogen-bond donors (Lipinski definition) is 2.